The van der Waals surface area contributed by atoms with Gasteiger partial charge in [0.2, 0.25) is 0 Å². The molecule has 0 unspecified atom stereocenters. The molecule has 4 heteroatoms. The van der Waals surface area contributed by atoms with Crippen LogP contribution in [0, 0.1) is 11.3 Å². The van der Waals surface area contributed by atoms with Crippen LogP contribution in [0.15, 0.2) is 210 Å². The zero-order chi connectivity index (χ0) is 40.2. The number of para-hydroxylation sites is 1. The molecule has 9 aromatic carbocycles. The Bertz CT molecular complexity index is 3640. The first kappa shape index (κ1) is 34.2. The van der Waals surface area contributed by atoms with Gasteiger partial charge in [-0.15, -0.1) is 0 Å². The second-order valence-corrected chi connectivity index (χ2v) is 17.2. The molecule has 0 saturated heterocycles. The third-order valence-corrected chi connectivity index (χ3v) is 14.3. The van der Waals surface area contributed by atoms with Crippen LogP contribution in [0.3, 0.4) is 0 Å². The third kappa shape index (κ3) is 4.73. The Balaban J connectivity index is 1.06. The maximum atomic E-state index is 9.68. The van der Waals surface area contributed by atoms with Crippen molar-refractivity contribution < 1.29 is 0 Å². The van der Waals surface area contributed by atoms with Crippen LogP contribution in [0.5, 0.6) is 0 Å². The number of aromatic nitrogens is 2. The fraction of sp³-hybridized carbons (Fsp3) is 0.0175. The van der Waals surface area contributed by atoms with E-state index in [1.165, 1.54) is 48.6 Å². The maximum Gasteiger partial charge on any atom is 0.0991 e. The largest absolute Gasteiger partial charge is 0.309 e. The predicted molar refractivity (Wildman–Crippen MR) is 251 cm³/mol. The van der Waals surface area contributed by atoms with Crippen LogP contribution in [-0.2, 0) is 5.41 Å². The van der Waals surface area contributed by atoms with Crippen LogP contribution in [-0.4, -0.2) is 9.55 Å². The summed E-state index contributed by atoms with van der Waals surface area (Å²) in [5.74, 6) is 0. The van der Waals surface area contributed by atoms with Gasteiger partial charge < -0.3 is 4.57 Å². The van der Waals surface area contributed by atoms with Gasteiger partial charge in [-0.3, -0.25) is 0 Å². The third-order valence-electron chi connectivity index (χ3n) is 13.1. The Morgan fingerprint density at radius 1 is 0.475 bits per heavy atom. The van der Waals surface area contributed by atoms with Gasteiger partial charge >= 0.3 is 0 Å². The van der Waals surface area contributed by atoms with E-state index >= 15 is 0 Å². The minimum absolute atomic E-state index is 0.475. The molecule has 61 heavy (non-hydrogen) atoms. The standard InChI is InChI=1S/C57H33N3S/c58-34-35-22-31-52-44(32-35)42-16-6-10-20-51(42)60(52)39-26-23-36(24-27-39)38-25-30-50-45(33-38)54-43(55(59-50)37-12-2-1-3-13-37)28-29-49-56(54)61-53-21-11-9-19-48(53)57(49)46-17-7-4-14-40(46)41-15-5-8-18-47(41)57/h1-33H. The van der Waals surface area contributed by atoms with Crippen molar-refractivity contribution in [1.29, 1.82) is 5.26 Å². The van der Waals surface area contributed by atoms with E-state index in [9.17, 15) is 5.26 Å². The number of nitrogens with zero attached hydrogens (tertiary/aromatic N) is 3. The molecule has 3 heterocycles. The van der Waals surface area contributed by atoms with Gasteiger partial charge in [0.15, 0.2) is 0 Å². The van der Waals surface area contributed by atoms with Gasteiger partial charge in [0.25, 0.3) is 0 Å². The summed E-state index contributed by atoms with van der Waals surface area (Å²) < 4.78 is 2.30. The second kappa shape index (κ2) is 12.9. The first-order chi connectivity index (χ1) is 30.2. The number of pyridine rings is 1. The number of fused-ring (bicyclic) bond motifs is 16. The molecule has 0 radical (unpaired) electrons. The molecule has 11 aromatic rings. The van der Waals surface area contributed by atoms with Crippen LogP contribution in [0.25, 0.3) is 82.7 Å². The number of hydrogen-bond donors (Lipinski definition) is 0. The molecule has 1 aliphatic heterocycles. The van der Waals surface area contributed by atoms with Gasteiger partial charge in [-0.05, 0) is 99.1 Å². The Hall–Kier alpha value is -7.71. The monoisotopic (exact) mass is 791 g/mol. The Labute approximate surface area is 356 Å². The number of rotatable bonds is 3. The predicted octanol–water partition coefficient (Wildman–Crippen LogP) is 14.5. The fourth-order valence-corrected chi connectivity index (χ4v) is 11.9. The molecule has 2 aliphatic rings. The summed E-state index contributed by atoms with van der Waals surface area (Å²) in [5.41, 5.74) is 16.7. The van der Waals surface area contributed by atoms with E-state index in [0.717, 1.165) is 66.2 Å². The topological polar surface area (TPSA) is 41.6 Å². The van der Waals surface area contributed by atoms with E-state index in [1.54, 1.807) is 0 Å². The van der Waals surface area contributed by atoms with Crippen molar-refractivity contribution in [2.24, 2.45) is 0 Å². The average molecular weight is 792 g/mol. The first-order valence-electron chi connectivity index (χ1n) is 20.7. The van der Waals surface area contributed by atoms with Gasteiger partial charge in [0.05, 0.1) is 39.3 Å². The van der Waals surface area contributed by atoms with Crippen LogP contribution < -0.4 is 0 Å². The minimum Gasteiger partial charge on any atom is -0.309 e. The lowest BCUT2D eigenvalue weighted by Crippen LogP contribution is -2.32. The highest BCUT2D eigenvalue weighted by Gasteiger charge is 2.50. The van der Waals surface area contributed by atoms with Crippen LogP contribution in [0.4, 0.5) is 0 Å². The first-order valence-corrected chi connectivity index (χ1v) is 21.5. The van der Waals surface area contributed by atoms with Gasteiger partial charge in [-0.25, -0.2) is 4.98 Å². The highest BCUT2D eigenvalue weighted by molar-refractivity contribution is 7.99. The highest BCUT2D eigenvalue weighted by atomic mass is 32.2. The molecule has 1 aliphatic carbocycles. The molecule has 0 saturated carbocycles. The molecule has 0 fully saturated rings. The van der Waals surface area contributed by atoms with Crippen molar-refractivity contribution in [3.63, 3.8) is 0 Å². The molecule has 282 valence electrons. The molecular weight excluding hydrogens is 759 g/mol. The Morgan fingerprint density at radius 2 is 1.15 bits per heavy atom. The molecule has 2 aromatic heterocycles. The lowest BCUT2D eigenvalue weighted by Gasteiger charge is -2.40. The summed E-state index contributed by atoms with van der Waals surface area (Å²) in [6, 6.07) is 74.9. The normalized spacial score (nSPS) is 13.3. The van der Waals surface area contributed by atoms with Gasteiger partial charge in [0, 0.05) is 48.0 Å². The smallest absolute Gasteiger partial charge is 0.0991 e. The van der Waals surface area contributed by atoms with Crippen LogP contribution >= 0.6 is 11.8 Å². The second-order valence-electron chi connectivity index (χ2n) is 16.1. The lowest BCUT2D eigenvalue weighted by molar-refractivity contribution is 0.726. The zero-order valence-corrected chi connectivity index (χ0v) is 33.6. The molecule has 13 rings (SSSR count). The summed E-state index contributed by atoms with van der Waals surface area (Å²) in [7, 11) is 0. The summed E-state index contributed by atoms with van der Waals surface area (Å²) in [4.78, 5) is 8.01. The quantitative estimate of drug-likeness (QED) is 0.167. The van der Waals surface area contributed by atoms with Crippen molar-refractivity contribution in [2.45, 2.75) is 15.2 Å². The molecule has 0 N–H and O–H groups in total. The lowest BCUT2D eigenvalue weighted by atomic mass is 9.67. The van der Waals surface area contributed by atoms with Crippen LogP contribution in [0.2, 0.25) is 0 Å². The van der Waals surface area contributed by atoms with Gasteiger partial charge in [0.1, 0.15) is 0 Å². The Kier molecular flexibility index (Phi) is 7.22. The van der Waals surface area contributed by atoms with Crippen LogP contribution in [0.1, 0.15) is 27.8 Å². The molecule has 0 bridgehead atoms. The van der Waals surface area contributed by atoms with Crippen molar-refractivity contribution >= 4 is 55.2 Å². The molecule has 0 atom stereocenters. The highest BCUT2D eigenvalue weighted by Crippen LogP contribution is 2.63. The fourth-order valence-electron chi connectivity index (χ4n) is 10.5. The number of hydrogen-bond acceptors (Lipinski definition) is 3. The molecular formula is C57H33N3S. The number of nitriles is 1. The molecule has 3 nitrogen and oxygen atoms in total. The molecule has 0 amide bonds. The summed E-state index contributed by atoms with van der Waals surface area (Å²) in [5, 5.41) is 15.4. The van der Waals surface area contributed by atoms with Crippen molar-refractivity contribution in [3.05, 3.63) is 228 Å². The summed E-state index contributed by atoms with van der Waals surface area (Å²) in [6.45, 7) is 0. The van der Waals surface area contributed by atoms with E-state index in [2.05, 4.69) is 199 Å². The van der Waals surface area contributed by atoms with E-state index in [1.807, 2.05) is 23.9 Å². The average Bonchev–Trinajstić information content (AvgIpc) is 3.82. The van der Waals surface area contributed by atoms with E-state index < -0.39 is 5.41 Å². The zero-order valence-electron chi connectivity index (χ0n) is 32.8. The summed E-state index contributed by atoms with van der Waals surface area (Å²) >= 11 is 1.90. The van der Waals surface area contributed by atoms with Gasteiger partial charge in [-0.1, -0.05) is 157 Å². The minimum atomic E-state index is -0.475. The van der Waals surface area contributed by atoms with Crippen molar-refractivity contribution in [1.82, 2.24) is 9.55 Å². The maximum absolute atomic E-state index is 9.68. The van der Waals surface area contributed by atoms with E-state index in [4.69, 9.17) is 4.98 Å². The van der Waals surface area contributed by atoms with Crippen molar-refractivity contribution in [3.8, 4) is 45.3 Å². The van der Waals surface area contributed by atoms with Crippen molar-refractivity contribution in [2.75, 3.05) is 0 Å². The van der Waals surface area contributed by atoms with Gasteiger partial charge in [-0.2, -0.15) is 5.26 Å². The van der Waals surface area contributed by atoms with E-state index in [0.29, 0.717) is 5.56 Å². The van der Waals surface area contributed by atoms with E-state index in [-0.39, 0.29) is 0 Å². The molecule has 1 spiro atoms. The number of benzene rings is 9. The Morgan fingerprint density at radius 3 is 1.93 bits per heavy atom. The SMILES string of the molecule is N#Cc1ccc2c(c1)c1ccccc1n2-c1ccc(-c2ccc3nc(-c4ccccc4)c4ccc5c(c4c3c2)Sc2ccccc2C52c3ccccc3-c3ccccc32)cc1. The summed E-state index contributed by atoms with van der Waals surface area (Å²) in [6.07, 6.45) is 0.